The van der Waals surface area contributed by atoms with Crippen LogP contribution in [0.5, 0.6) is 0 Å². The number of hydrogen-bond donors (Lipinski definition) is 3. The van der Waals surface area contributed by atoms with Gasteiger partial charge in [0, 0.05) is 25.7 Å². The number of phosphoric acid groups is 2. The summed E-state index contributed by atoms with van der Waals surface area (Å²) in [6.07, 6.45) is 64.3. The second-order valence-corrected chi connectivity index (χ2v) is 32.2. The quantitative estimate of drug-likeness (QED) is 0.0222. The van der Waals surface area contributed by atoms with Crippen LogP contribution in [0.15, 0.2) is 0 Å². The predicted molar refractivity (Wildman–Crippen MR) is 405 cm³/mol. The lowest BCUT2D eigenvalue weighted by Crippen LogP contribution is -2.30. The molecule has 0 aliphatic carbocycles. The molecule has 588 valence electrons. The molecule has 0 aliphatic rings. The van der Waals surface area contributed by atoms with Gasteiger partial charge in [0.15, 0.2) is 12.2 Å². The molecule has 0 saturated carbocycles. The van der Waals surface area contributed by atoms with Crippen molar-refractivity contribution in [1.82, 2.24) is 0 Å². The Morgan fingerprint density at radius 1 is 0.273 bits per heavy atom. The Balaban J connectivity index is 5.11. The fourth-order valence-corrected chi connectivity index (χ4v) is 14.0. The maximum absolute atomic E-state index is 13.1. The first-order valence-corrected chi connectivity index (χ1v) is 44.6. The second kappa shape index (κ2) is 73.0. The topological polar surface area (TPSA) is 237 Å². The number of unbranched alkanes of at least 4 members (excludes halogenated alkanes) is 52. The molecule has 0 saturated heterocycles. The van der Waals surface area contributed by atoms with Gasteiger partial charge in [0.05, 0.1) is 26.4 Å². The fraction of sp³-hybridized carbons (Fsp3) is 0.950. The largest absolute Gasteiger partial charge is 0.472 e. The number of aliphatic hydroxyl groups is 1. The number of rotatable bonds is 80. The zero-order valence-electron chi connectivity index (χ0n) is 64.6. The van der Waals surface area contributed by atoms with Gasteiger partial charge in [-0.3, -0.25) is 37.3 Å². The normalized spacial score (nSPS) is 13.9. The fourth-order valence-electron chi connectivity index (χ4n) is 12.4. The third-order valence-electron chi connectivity index (χ3n) is 18.8. The monoisotopic (exact) mass is 1450 g/mol. The first-order chi connectivity index (χ1) is 48.0. The molecular formula is C80H156O17P2. The first-order valence-electron chi connectivity index (χ1n) is 41.6. The van der Waals surface area contributed by atoms with Crippen LogP contribution in [0, 0.1) is 5.92 Å². The van der Waals surface area contributed by atoms with E-state index in [1.807, 2.05) is 0 Å². The molecule has 0 aromatic rings. The van der Waals surface area contributed by atoms with Crippen LogP contribution in [0.2, 0.25) is 0 Å². The third-order valence-corrected chi connectivity index (χ3v) is 20.7. The Morgan fingerprint density at radius 2 is 0.465 bits per heavy atom. The summed E-state index contributed by atoms with van der Waals surface area (Å²) in [4.78, 5) is 72.7. The van der Waals surface area contributed by atoms with Crippen LogP contribution in [0.4, 0.5) is 0 Å². The van der Waals surface area contributed by atoms with Gasteiger partial charge in [-0.25, -0.2) is 9.13 Å². The molecule has 0 aromatic carbocycles. The Kier molecular flexibility index (Phi) is 71.6. The molecular weight excluding hydrogens is 1290 g/mol. The lowest BCUT2D eigenvalue weighted by atomic mass is 10.0. The molecule has 0 heterocycles. The Bertz CT molecular complexity index is 1890. The van der Waals surface area contributed by atoms with Crippen molar-refractivity contribution in [3.05, 3.63) is 0 Å². The van der Waals surface area contributed by atoms with E-state index in [9.17, 15) is 43.2 Å². The average molecular weight is 1450 g/mol. The molecule has 17 nitrogen and oxygen atoms in total. The maximum atomic E-state index is 13.1. The Morgan fingerprint density at radius 3 is 0.687 bits per heavy atom. The van der Waals surface area contributed by atoms with Crippen molar-refractivity contribution >= 4 is 39.5 Å². The molecule has 5 atom stereocenters. The zero-order chi connectivity index (χ0) is 72.7. The van der Waals surface area contributed by atoms with E-state index in [0.717, 1.165) is 102 Å². The minimum absolute atomic E-state index is 0.108. The highest BCUT2D eigenvalue weighted by molar-refractivity contribution is 7.47. The van der Waals surface area contributed by atoms with Crippen LogP contribution < -0.4 is 0 Å². The third kappa shape index (κ3) is 74.1. The van der Waals surface area contributed by atoms with Crippen LogP contribution in [0.3, 0.4) is 0 Å². The van der Waals surface area contributed by atoms with Crippen molar-refractivity contribution in [1.29, 1.82) is 0 Å². The van der Waals surface area contributed by atoms with E-state index in [0.29, 0.717) is 25.7 Å². The van der Waals surface area contributed by atoms with Crippen LogP contribution in [-0.2, 0) is 65.4 Å². The van der Waals surface area contributed by atoms with Gasteiger partial charge in [-0.1, -0.05) is 375 Å². The van der Waals surface area contributed by atoms with Gasteiger partial charge in [-0.15, -0.1) is 0 Å². The highest BCUT2D eigenvalue weighted by Crippen LogP contribution is 2.45. The zero-order valence-corrected chi connectivity index (χ0v) is 66.4. The van der Waals surface area contributed by atoms with Crippen molar-refractivity contribution in [2.75, 3.05) is 39.6 Å². The van der Waals surface area contributed by atoms with Crippen LogP contribution in [-0.4, -0.2) is 96.7 Å². The van der Waals surface area contributed by atoms with E-state index in [1.165, 1.54) is 244 Å². The molecule has 0 amide bonds. The number of esters is 4. The standard InChI is InChI=1S/C80H156O17P2/c1-6-9-12-15-17-19-21-23-25-27-28-29-30-31-33-39-43-47-51-56-61-66-80(85)97-76(70-91-78(83)64-59-54-49-45-41-37-35-34-36-40-44-48-53-57-62-73(4)5)72-95-99(88,89)93-68-74(81)67-92-98(86,87)94-71-75(69-90-77(82)63-58-52-14-11-8-3)96-79(84)65-60-55-50-46-42-38-32-26-24-22-20-18-16-13-10-7-2/h73-76,81H,6-72H2,1-5H3,(H,86,87)(H,88,89)/t74-,75+,76+/m0/s1. The van der Waals surface area contributed by atoms with E-state index < -0.39 is 97.5 Å². The average Bonchev–Trinajstić information content (AvgIpc) is 1.12. The predicted octanol–water partition coefficient (Wildman–Crippen LogP) is 24.0. The molecule has 0 radical (unpaired) electrons. The lowest BCUT2D eigenvalue weighted by Gasteiger charge is -2.21. The summed E-state index contributed by atoms with van der Waals surface area (Å²) in [6, 6.07) is 0. The van der Waals surface area contributed by atoms with E-state index >= 15 is 0 Å². The number of carbonyl (C=O) groups is 4. The van der Waals surface area contributed by atoms with Gasteiger partial charge in [-0.05, 0) is 31.6 Å². The molecule has 2 unspecified atom stereocenters. The summed E-state index contributed by atoms with van der Waals surface area (Å²) in [7, 11) is -9.91. The lowest BCUT2D eigenvalue weighted by molar-refractivity contribution is -0.161. The van der Waals surface area contributed by atoms with Gasteiger partial charge in [0.2, 0.25) is 0 Å². The van der Waals surface area contributed by atoms with Crippen LogP contribution >= 0.6 is 15.6 Å². The van der Waals surface area contributed by atoms with Gasteiger partial charge >= 0.3 is 39.5 Å². The highest BCUT2D eigenvalue weighted by atomic mass is 31.2. The van der Waals surface area contributed by atoms with Crippen molar-refractivity contribution in [2.24, 2.45) is 5.92 Å². The number of phosphoric ester groups is 2. The summed E-state index contributed by atoms with van der Waals surface area (Å²) < 4.78 is 68.5. The minimum atomic E-state index is -4.96. The van der Waals surface area contributed by atoms with Crippen molar-refractivity contribution in [2.45, 2.75) is 445 Å². The highest BCUT2D eigenvalue weighted by Gasteiger charge is 2.30. The van der Waals surface area contributed by atoms with Crippen molar-refractivity contribution < 1.29 is 80.2 Å². The SMILES string of the molecule is CCCCCCCCCCCCCCCCCCCCCCCC(=O)O[C@H](COC(=O)CCCCCCCCCCCCCCCCC(C)C)COP(=O)(O)OC[C@@H](O)COP(=O)(O)OC[C@@H](COC(=O)CCCCCCC)OC(=O)CCCCCCCCCCCCCCCCCC. The summed E-state index contributed by atoms with van der Waals surface area (Å²) in [6.45, 7) is 7.26. The summed E-state index contributed by atoms with van der Waals surface area (Å²) in [5.41, 5.74) is 0. The molecule has 19 heteroatoms. The summed E-state index contributed by atoms with van der Waals surface area (Å²) in [5, 5.41) is 10.6. The molecule has 3 N–H and O–H groups in total. The van der Waals surface area contributed by atoms with E-state index in [-0.39, 0.29) is 25.7 Å². The van der Waals surface area contributed by atoms with Crippen LogP contribution in [0.1, 0.15) is 426 Å². The molecule has 99 heavy (non-hydrogen) atoms. The molecule has 0 fully saturated rings. The first kappa shape index (κ1) is 97.1. The van der Waals surface area contributed by atoms with E-state index in [4.69, 9.17) is 37.0 Å². The molecule has 0 spiro atoms. The van der Waals surface area contributed by atoms with Crippen LogP contribution in [0.25, 0.3) is 0 Å². The summed E-state index contributed by atoms with van der Waals surface area (Å²) in [5.74, 6) is -1.32. The number of ether oxygens (including phenoxy) is 4. The summed E-state index contributed by atoms with van der Waals surface area (Å²) >= 11 is 0. The minimum Gasteiger partial charge on any atom is -0.462 e. The van der Waals surface area contributed by atoms with Gasteiger partial charge in [-0.2, -0.15) is 0 Å². The van der Waals surface area contributed by atoms with Crippen molar-refractivity contribution in [3.8, 4) is 0 Å². The number of carbonyl (C=O) groups excluding carboxylic acids is 4. The van der Waals surface area contributed by atoms with Gasteiger partial charge in [0.25, 0.3) is 0 Å². The molecule has 0 rings (SSSR count). The second-order valence-electron chi connectivity index (χ2n) is 29.3. The van der Waals surface area contributed by atoms with Gasteiger partial charge < -0.3 is 33.8 Å². The van der Waals surface area contributed by atoms with Gasteiger partial charge in [0.1, 0.15) is 19.3 Å². The smallest absolute Gasteiger partial charge is 0.462 e. The molecule has 0 bridgehead atoms. The Hall–Kier alpha value is -1.94. The molecule has 0 aliphatic heterocycles. The molecule has 0 aromatic heterocycles. The van der Waals surface area contributed by atoms with E-state index in [1.54, 1.807) is 0 Å². The Labute approximate surface area is 607 Å². The van der Waals surface area contributed by atoms with E-state index in [2.05, 4.69) is 34.6 Å². The van der Waals surface area contributed by atoms with Crippen molar-refractivity contribution in [3.63, 3.8) is 0 Å². The maximum Gasteiger partial charge on any atom is 0.472 e. The number of aliphatic hydroxyl groups excluding tert-OH is 1. The number of hydrogen-bond acceptors (Lipinski definition) is 15.